The van der Waals surface area contributed by atoms with Gasteiger partial charge in [-0.15, -0.1) is 11.3 Å². The van der Waals surface area contributed by atoms with Crippen molar-refractivity contribution >= 4 is 33.6 Å². The van der Waals surface area contributed by atoms with Crippen LogP contribution in [0.1, 0.15) is 23.4 Å². The molecule has 0 spiro atoms. The summed E-state index contributed by atoms with van der Waals surface area (Å²) in [7, 11) is -4.29. The predicted octanol–water partition coefficient (Wildman–Crippen LogP) is 0.723. The lowest BCUT2D eigenvalue weighted by atomic mass is 10.0. The number of hydrogen-bond donors (Lipinski definition) is 2. The fourth-order valence-electron chi connectivity index (χ4n) is 2.13. The van der Waals surface area contributed by atoms with Crippen molar-refractivity contribution < 1.29 is 27.9 Å². The van der Waals surface area contributed by atoms with Gasteiger partial charge in [-0.1, -0.05) is 0 Å². The third-order valence-electron chi connectivity index (χ3n) is 2.95. The molecule has 0 fully saturated rings. The zero-order valence-corrected chi connectivity index (χ0v) is 12.7. The fraction of sp³-hybridized carbons (Fsp3) is 0.455. The van der Waals surface area contributed by atoms with E-state index in [1.807, 2.05) is 0 Å². The van der Waals surface area contributed by atoms with E-state index < -0.39 is 28.3 Å². The summed E-state index contributed by atoms with van der Waals surface area (Å²) in [6.45, 7) is 1.53. The topological polar surface area (TPSA) is 113 Å². The third kappa shape index (κ3) is 3.17. The van der Waals surface area contributed by atoms with Gasteiger partial charge in [0, 0.05) is 11.4 Å². The molecule has 0 radical (unpaired) electrons. The summed E-state index contributed by atoms with van der Waals surface area (Å²) >= 11 is 1.38. The maximum atomic E-state index is 12.2. The van der Waals surface area contributed by atoms with Crippen molar-refractivity contribution in [2.45, 2.75) is 19.4 Å². The molecule has 0 saturated heterocycles. The molecular formula is C11H14N2O6S2. The summed E-state index contributed by atoms with van der Waals surface area (Å²) in [5.74, 6) is -1.29. The molecule has 1 aromatic heterocycles. The second-order valence-corrected chi connectivity index (χ2v) is 6.85. The van der Waals surface area contributed by atoms with Crippen molar-refractivity contribution in [3.63, 3.8) is 0 Å². The SMILES string of the molecule is CCOC(=O)NS(=O)(=O)N1CCc2sccc2C1C(=O)O. The van der Waals surface area contributed by atoms with E-state index in [-0.39, 0.29) is 13.2 Å². The lowest BCUT2D eigenvalue weighted by molar-refractivity contribution is -0.142. The molecule has 0 saturated carbocycles. The molecule has 0 aliphatic carbocycles. The Morgan fingerprint density at radius 2 is 2.29 bits per heavy atom. The van der Waals surface area contributed by atoms with Gasteiger partial charge in [-0.2, -0.15) is 12.7 Å². The van der Waals surface area contributed by atoms with E-state index >= 15 is 0 Å². The van der Waals surface area contributed by atoms with Crippen LogP contribution in [0.2, 0.25) is 0 Å². The quantitative estimate of drug-likeness (QED) is 0.839. The maximum Gasteiger partial charge on any atom is 0.421 e. The van der Waals surface area contributed by atoms with Gasteiger partial charge < -0.3 is 9.84 Å². The number of hydrogen-bond acceptors (Lipinski definition) is 6. The van der Waals surface area contributed by atoms with E-state index in [1.54, 1.807) is 16.2 Å². The molecule has 1 aliphatic heterocycles. The van der Waals surface area contributed by atoms with E-state index in [0.29, 0.717) is 12.0 Å². The van der Waals surface area contributed by atoms with Crippen LogP contribution in [0, 0.1) is 0 Å². The molecule has 2 N–H and O–H groups in total. The van der Waals surface area contributed by atoms with Crippen molar-refractivity contribution in [1.29, 1.82) is 0 Å². The first-order valence-corrected chi connectivity index (χ1v) is 8.44. The second kappa shape index (κ2) is 6.00. The van der Waals surface area contributed by atoms with Gasteiger partial charge in [-0.25, -0.2) is 9.52 Å². The Kier molecular flexibility index (Phi) is 4.49. The van der Waals surface area contributed by atoms with Crippen LogP contribution >= 0.6 is 11.3 Å². The number of thiophene rings is 1. The average Bonchev–Trinajstić information content (AvgIpc) is 2.84. The van der Waals surface area contributed by atoms with Gasteiger partial charge in [-0.05, 0) is 30.4 Å². The van der Waals surface area contributed by atoms with Gasteiger partial charge in [0.2, 0.25) is 0 Å². The summed E-state index contributed by atoms with van der Waals surface area (Å²) in [6, 6.07) is 0.247. The van der Waals surface area contributed by atoms with Gasteiger partial charge in [0.1, 0.15) is 6.04 Å². The van der Waals surface area contributed by atoms with Gasteiger partial charge in [0.05, 0.1) is 6.61 Å². The van der Waals surface area contributed by atoms with Crippen LogP contribution in [0.15, 0.2) is 11.4 Å². The molecule has 2 heterocycles. The van der Waals surface area contributed by atoms with Crippen LogP contribution in [0.25, 0.3) is 0 Å². The minimum absolute atomic E-state index is 0.0123. The monoisotopic (exact) mass is 334 g/mol. The first-order chi connectivity index (χ1) is 9.86. The second-order valence-electron chi connectivity index (χ2n) is 4.23. The number of carboxylic acid groups (broad SMARTS) is 1. The first kappa shape index (κ1) is 15.7. The Bertz CT molecular complexity index is 653. The number of aliphatic carboxylic acids is 1. The molecule has 1 amide bonds. The number of carboxylic acids is 1. The van der Waals surface area contributed by atoms with E-state index in [9.17, 15) is 23.1 Å². The molecule has 2 rings (SSSR count). The van der Waals surface area contributed by atoms with Crippen LogP contribution in [0.4, 0.5) is 4.79 Å². The zero-order chi connectivity index (χ0) is 15.6. The Morgan fingerprint density at radius 3 is 2.90 bits per heavy atom. The number of nitrogens with zero attached hydrogens (tertiary/aromatic N) is 1. The minimum Gasteiger partial charge on any atom is -0.480 e. The van der Waals surface area contributed by atoms with E-state index in [1.165, 1.54) is 18.3 Å². The van der Waals surface area contributed by atoms with Gasteiger partial charge >= 0.3 is 22.3 Å². The molecule has 21 heavy (non-hydrogen) atoms. The molecule has 1 atom stereocenters. The van der Waals surface area contributed by atoms with Crippen LogP contribution in [0.3, 0.4) is 0 Å². The minimum atomic E-state index is -4.29. The van der Waals surface area contributed by atoms with Crippen molar-refractivity contribution in [3.8, 4) is 0 Å². The molecule has 116 valence electrons. The van der Waals surface area contributed by atoms with Crippen molar-refractivity contribution in [2.24, 2.45) is 0 Å². The molecule has 1 aliphatic rings. The summed E-state index contributed by atoms with van der Waals surface area (Å²) in [4.78, 5) is 23.6. The third-order valence-corrected chi connectivity index (χ3v) is 5.38. The number of carbonyl (C=O) groups excluding carboxylic acids is 1. The van der Waals surface area contributed by atoms with Crippen molar-refractivity contribution in [1.82, 2.24) is 9.03 Å². The summed E-state index contributed by atoms with van der Waals surface area (Å²) in [5, 5.41) is 11.0. The maximum absolute atomic E-state index is 12.2. The fourth-order valence-corrected chi connectivity index (χ4v) is 4.24. The lowest BCUT2D eigenvalue weighted by Gasteiger charge is -2.31. The number of rotatable bonds is 4. The predicted molar refractivity (Wildman–Crippen MR) is 74.2 cm³/mol. The number of amides is 1. The lowest BCUT2D eigenvalue weighted by Crippen LogP contribution is -2.49. The van der Waals surface area contributed by atoms with Gasteiger partial charge in [0.15, 0.2) is 0 Å². The standard InChI is InChI=1S/C11H14N2O6S2/c1-2-19-11(16)12-21(17,18)13-5-3-8-7(4-6-20-8)9(13)10(14)15/h4,6,9H,2-3,5H2,1H3,(H,12,16)(H,14,15). The van der Waals surface area contributed by atoms with Crippen LogP contribution in [-0.2, 0) is 26.2 Å². The van der Waals surface area contributed by atoms with Crippen molar-refractivity contribution in [2.75, 3.05) is 13.2 Å². The highest BCUT2D eigenvalue weighted by atomic mass is 32.2. The molecule has 0 aromatic carbocycles. The smallest absolute Gasteiger partial charge is 0.421 e. The number of ether oxygens (including phenoxy) is 1. The largest absolute Gasteiger partial charge is 0.480 e. The molecule has 8 nitrogen and oxygen atoms in total. The molecule has 1 aromatic rings. The molecular weight excluding hydrogens is 320 g/mol. The number of fused-ring (bicyclic) bond motifs is 1. The van der Waals surface area contributed by atoms with E-state index in [0.717, 1.165) is 9.18 Å². The Hall–Kier alpha value is -1.65. The van der Waals surface area contributed by atoms with Gasteiger partial charge in [-0.3, -0.25) is 4.79 Å². The van der Waals surface area contributed by atoms with Crippen LogP contribution in [0.5, 0.6) is 0 Å². The summed E-state index contributed by atoms with van der Waals surface area (Å²) in [5.41, 5.74) is 0.438. The molecule has 1 unspecified atom stereocenters. The zero-order valence-electron chi connectivity index (χ0n) is 11.1. The summed E-state index contributed by atoms with van der Waals surface area (Å²) in [6.07, 6.45) is -0.724. The van der Waals surface area contributed by atoms with Gasteiger partial charge in [0.25, 0.3) is 0 Å². The van der Waals surface area contributed by atoms with E-state index in [4.69, 9.17) is 0 Å². The average molecular weight is 334 g/mol. The highest BCUT2D eigenvalue weighted by Crippen LogP contribution is 2.34. The van der Waals surface area contributed by atoms with Crippen LogP contribution < -0.4 is 4.72 Å². The normalized spacial score (nSPS) is 18.8. The Labute approximate surface area is 125 Å². The Morgan fingerprint density at radius 1 is 1.57 bits per heavy atom. The first-order valence-electron chi connectivity index (χ1n) is 6.12. The molecule has 10 heteroatoms. The number of carbonyl (C=O) groups is 2. The molecule has 0 bridgehead atoms. The Balaban J connectivity index is 2.30. The van der Waals surface area contributed by atoms with Crippen LogP contribution in [-0.4, -0.2) is 43.0 Å². The summed E-state index contributed by atoms with van der Waals surface area (Å²) < 4.78 is 31.3. The van der Waals surface area contributed by atoms with E-state index in [2.05, 4.69) is 4.74 Å². The van der Waals surface area contributed by atoms with Crippen molar-refractivity contribution in [3.05, 3.63) is 21.9 Å². The highest BCUT2D eigenvalue weighted by molar-refractivity contribution is 7.87. The highest BCUT2D eigenvalue weighted by Gasteiger charge is 2.41. The number of nitrogens with one attached hydrogen (secondary N) is 1.